The Labute approximate surface area is 156 Å². The Morgan fingerprint density at radius 1 is 1.19 bits per heavy atom. The second-order valence-electron chi connectivity index (χ2n) is 6.22. The molecule has 7 nitrogen and oxygen atoms in total. The maximum atomic E-state index is 10.4. The van der Waals surface area contributed by atoms with Gasteiger partial charge in [0, 0.05) is 17.7 Å². The molecule has 27 heavy (non-hydrogen) atoms. The molecule has 0 aliphatic carbocycles. The molecule has 4 rings (SSSR count). The smallest absolute Gasteiger partial charge is 0.246 e. The minimum absolute atomic E-state index is 0.434. The number of aliphatic hydroxyl groups is 1. The van der Waals surface area contributed by atoms with E-state index in [0.29, 0.717) is 18.0 Å². The Morgan fingerprint density at radius 2 is 1.96 bits per heavy atom. The number of fused-ring (bicyclic) bond motifs is 1. The maximum Gasteiger partial charge on any atom is 0.246 e. The number of benzene rings is 2. The van der Waals surface area contributed by atoms with E-state index in [-0.39, 0.29) is 0 Å². The molecule has 1 atom stereocenters. The summed E-state index contributed by atoms with van der Waals surface area (Å²) in [5.41, 5.74) is 3.20. The second kappa shape index (κ2) is 7.13. The molecular weight excluding hydrogens is 344 g/mol. The van der Waals surface area contributed by atoms with Crippen molar-refractivity contribution in [2.24, 2.45) is 0 Å². The van der Waals surface area contributed by atoms with Crippen LogP contribution in [-0.2, 0) is 6.42 Å². The van der Waals surface area contributed by atoms with Crippen molar-refractivity contribution in [2.75, 3.05) is 12.4 Å². The van der Waals surface area contributed by atoms with Crippen LogP contribution in [0, 0.1) is 6.92 Å². The van der Waals surface area contributed by atoms with Crippen molar-refractivity contribution in [1.82, 2.24) is 14.6 Å². The van der Waals surface area contributed by atoms with E-state index in [1.54, 1.807) is 17.8 Å². The number of para-hydroxylation sites is 1. The van der Waals surface area contributed by atoms with Crippen LogP contribution in [-0.4, -0.2) is 33.0 Å². The first-order chi connectivity index (χ1) is 13.1. The summed E-state index contributed by atoms with van der Waals surface area (Å²) >= 11 is 0. The molecule has 2 aromatic heterocycles. The molecule has 4 aromatic rings. The number of imidazole rings is 1. The van der Waals surface area contributed by atoms with Crippen molar-refractivity contribution in [3.05, 3.63) is 66.1 Å². The molecule has 0 spiro atoms. The summed E-state index contributed by atoms with van der Waals surface area (Å²) in [7, 11) is 1.62. The lowest BCUT2D eigenvalue weighted by atomic mass is 10.1. The average molecular weight is 364 g/mol. The molecule has 0 fully saturated rings. The van der Waals surface area contributed by atoms with Crippen LogP contribution in [0.1, 0.15) is 11.4 Å². The highest BCUT2D eigenvalue weighted by Gasteiger charge is 2.12. The summed E-state index contributed by atoms with van der Waals surface area (Å²) in [5, 5.41) is 17.8. The number of methoxy groups -OCH3 is 1. The van der Waals surface area contributed by atoms with E-state index in [4.69, 9.17) is 9.15 Å². The normalized spacial score (nSPS) is 12.3. The zero-order valence-electron chi connectivity index (χ0n) is 15.1. The molecule has 2 heterocycles. The molecule has 0 saturated carbocycles. The highest BCUT2D eigenvalue weighted by atomic mass is 16.5. The van der Waals surface area contributed by atoms with Crippen molar-refractivity contribution in [3.63, 3.8) is 0 Å². The zero-order chi connectivity index (χ0) is 18.8. The summed E-state index contributed by atoms with van der Waals surface area (Å²) in [4.78, 5) is 4.14. The predicted molar refractivity (Wildman–Crippen MR) is 102 cm³/mol. The molecule has 138 valence electrons. The number of rotatable bonds is 6. The summed E-state index contributed by atoms with van der Waals surface area (Å²) < 4.78 is 12.7. The lowest BCUT2D eigenvalue weighted by molar-refractivity contribution is 0.202. The lowest BCUT2D eigenvalue weighted by Gasteiger charge is -2.16. The van der Waals surface area contributed by atoms with Gasteiger partial charge in [0.1, 0.15) is 17.8 Å². The largest absolute Gasteiger partial charge is 0.496 e. The van der Waals surface area contributed by atoms with Gasteiger partial charge in [0.2, 0.25) is 11.6 Å². The topological polar surface area (TPSA) is 84.8 Å². The number of anilines is 1. The fraction of sp³-hybridized carbons (Fsp3) is 0.200. The Kier molecular flexibility index (Phi) is 4.52. The summed E-state index contributed by atoms with van der Waals surface area (Å²) in [6, 6.07) is 15.2. The van der Waals surface area contributed by atoms with Crippen LogP contribution in [0.3, 0.4) is 0 Å². The quantitative estimate of drug-likeness (QED) is 0.511. The summed E-state index contributed by atoms with van der Waals surface area (Å²) in [6.45, 7) is 1.87. The zero-order valence-corrected chi connectivity index (χ0v) is 15.1. The van der Waals surface area contributed by atoms with Crippen molar-refractivity contribution in [3.8, 4) is 17.2 Å². The Bertz CT molecular complexity index is 1050. The number of nitrogens with one attached hydrogen (secondary N) is 1. The standard InChI is InChI=1S/C20H20N4O3/c1-13-21-12-19-24(13)23-20(27-19)14-7-9-16(10-8-14)22-18(25)11-15-5-3-4-6-17(15)26-2/h3-10,12,18,22,25H,11H2,1-2H3. The molecule has 2 aromatic carbocycles. The maximum absolute atomic E-state index is 10.4. The highest BCUT2D eigenvalue weighted by Crippen LogP contribution is 2.23. The van der Waals surface area contributed by atoms with Crippen LogP contribution in [0.5, 0.6) is 5.75 Å². The van der Waals surface area contributed by atoms with Gasteiger partial charge in [-0.15, -0.1) is 5.10 Å². The number of hydrogen-bond donors (Lipinski definition) is 2. The minimum atomic E-state index is -0.735. The fourth-order valence-corrected chi connectivity index (χ4v) is 2.97. The molecule has 0 aliphatic rings. The van der Waals surface area contributed by atoms with Crippen LogP contribution in [0.25, 0.3) is 17.2 Å². The van der Waals surface area contributed by atoms with Gasteiger partial charge in [-0.3, -0.25) is 0 Å². The van der Waals surface area contributed by atoms with Crippen molar-refractivity contribution < 1.29 is 14.3 Å². The molecule has 0 radical (unpaired) electrons. The van der Waals surface area contributed by atoms with Crippen LogP contribution in [0.4, 0.5) is 5.69 Å². The molecule has 2 N–H and O–H groups in total. The third-order valence-electron chi connectivity index (χ3n) is 4.34. The number of ether oxygens (including phenoxy) is 1. The SMILES string of the molecule is COc1ccccc1CC(O)Nc1ccc(-c2nn3c(C)ncc3o2)cc1. The van der Waals surface area contributed by atoms with Crippen molar-refractivity contribution >= 4 is 11.4 Å². The third kappa shape index (κ3) is 3.50. The van der Waals surface area contributed by atoms with Gasteiger partial charge in [-0.05, 0) is 42.8 Å². The van der Waals surface area contributed by atoms with Crippen LogP contribution in [0.15, 0.2) is 59.1 Å². The van der Waals surface area contributed by atoms with Gasteiger partial charge in [-0.25, -0.2) is 4.98 Å². The lowest BCUT2D eigenvalue weighted by Crippen LogP contribution is -2.21. The van der Waals surface area contributed by atoms with E-state index in [1.165, 1.54) is 0 Å². The monoisotopic (exact) mass is 364 g/mol. The Hall–Kier alpha value is -3.32. The Balaban J connectivity index is 1.45. The van der Waals surface area contributed by atoms with Gasteiger partial charge < -0.3 is 19.6 Å². The van der Waals surface area contributed by atoms with E-state index < -0.39 is 6.23 Å². The van der Waals surface area contributed by atoms with Crippen molar-refractivity contribution in [1.29, 1.82) is 0 Å². The summed E-state index contributed by atoms with van der Waals surface area (Å²) in [5.74, 6) is 2.06. The van der Waals surface area contributed by atoms with E-state index in [9.17, 15) is 5.11 Å². The number of aryl methyl sites for hydroxylation is 1. The first kappa shape index (κ1) is 17.1. The first-order valence-corrected chi connectivity index (χ1v) is 8.62. The van der Waals surface area contributed by atoms with Gasteiger partial charge in [0.25, 0.3) is 0 Å². The number of aliphatic hydroxyl groups excluding tert-OH is 1. The molecular formula is C20H20N4O3. The van der Waals surface area contributed by atoms with E-state index in [0.717, 1.165) is 28.4 Å². The van der Waals surface area contributed by atoms with Crippen molar-refractivity contribution in [2.45, 2.75) is 19.6 Å². The number of aromatic nitrogens is 3. The van der Waals surface area contributed by atoms with Gasteiger partial charge in [0.15, 0.2) is 0 Å². The summed E-state index contributed by atoms with van der Waals surface area (Å²) in [6.07, 6.45) is 1.35. The van der Waals surface area contributed by atoms with Crippen LogP contribution in [0.2, 0.25) is 0 Å². The minimum Gasteiger partial charge on any atom is -0.496 e. The highest BCUT2D eigenvalue weighted by molar-refractivity contribution is 5.59. The van der Waals surface area contributed by atoms with Gasteiger partial charge in [0.05, 0.1) is 13.3 Å². The van der Waals surface area contributed by atoms with E-state index in [1.807, 2.05) is 55.5 Å². The number of hydrogen-bond acceptors (Lipinski definition) is 6. The van der Waals surface area contributed by atoms with Crippen LogP contribution < -0.4 is 10.1 Å². The molecule has 7 heteroatoms. The Morgan fingerprint density at radius 3 is 2.70 bits per heavy atom. The van der Waals surface area contributed by atoms with Crippen LogP contribution >= 0.6 is 0 Å². The fourth-order valence-electron chi connectivity index (χ4n) is 2.97. The van der Waals surface area contributed by atoms with E-state index >= 15 is 0 Å². The first-order valence-electron chi connectivity index (χ1n) is 8.62. The molecule has 0 saturated heterocycles. The van der Waals surface area contributed by atoms with E-state index in [2.05, 4.69) is 15.4 Å². The van der Waals surface area contributed by atoms with Gasteiger partial charge >= 0.3 is 0 Å². The van der Waals surface area contributed by atoms with Gasteiger partial charge in [-0.2, -0.15) is 4.52 Å². The van der Waals surface area contributed by atoms with Gasteiger partial charge in [-0.1, -0.05) is 18.2 Å². The predicted octanol–water partition coefficient (Wildman–Crippen LogP) is 3.28. The molecule has 1 unspecified atom stereocenters. The third-order valence-corrected chi connectivity index (χ3v) is 4.34. The number of nitrogens with zero attached hydrogens (tertiary/aromatic N) is 3. The average Bonchev–Trinajstić information content (AvgIpc) is 3.25. The molecule has 0 bridgehead atoms. The molecule has 0 aliphatic heterocycles. The molecule has 0 amide bonds. The second-order valence-corrected chi connectivity index (χ2v) is 6.22.